The molecule has 0 saturated carbocycles. The van der Waals surface area contributed by atoms with E-state index in [0.29, 0.717) is 13.0 Å². The summed E-state index contributed by atoms with van der Waals surface area (Å²) in [5, 5.41) is 13.1. The molecular weight excluding hydrogens is 279 g/mol. The Balaban J connectivity index is 0.00000161. The van der Waals surface area contributed by atoms with Gasteiger partial charge in [0.2, 0.25) is 0 Å². The van der Waals surface area contributed by atoms with E-state index in [2.05, 4.69) is 0 Å². The zero-order valence-corrected chi connectivity index (χ0v) is 14.6. The first kappa shape index (κ1) is 16.9. The second-order valence-corrected chi connectivity index (χ2v) is 5.51. The molecule has 0 spiro atoms. The van der Waals surface area contributed by atoms with E-state index in [9.17, 15) is 9.90 Å². The number of hydrogen-bond donors (Lipinski definition) is 0. The summed E-state index contributed by atoms with van der Waals surface area (Å²) in [5.41, 5.74) is 1.12. The monoisotopic (exact) mass is 298 g/mol. The molecule has 3 unspecified atom stereocenters. The van der Waals surface area contributed by atoms with Crippen molar-refractivity contribution in [1.29, 1.82) is 0 Å². The SMILES string of the molecule is CC1N(OCc2ccccc2)C2CC[C@@H](C(=O)[O-])N1C2.[Na+]. The second kappa shape index (κ2) is 7.22. The van der Waals surface area contributed by atoms with Gasteiger partial charge in [0.15, 0.2) is 0 Å². The van der Waals surface area contributed by atoms with Crippen molar-refractivity contribution < 1.29 is 44.3 Å². The van der Waals surface area contributed by atoms with E-state index in [0.717, 1.165) is 18.5 Å². The fourth-order valence-electron chi connectivity index (χ4n) is 3.24. The zero-order valence-electron chi connectivity index (χ0n) is 12.6. The van der Waals surface area contributed by atoms with Crippen LogP contribution in [0.3, 0.4) is 0 Å². The van der Waals surface area contributed by atoms with Crippen LogP contribution >= 0.6 is 0 Å². The van der Waals surface area contributed by atoms with Gasteiger partial charge in [0.05, 0.1) is 24.8 Å². The largest absolute Gasteiger partial charge is 1.00 e. The van der Waals surface area contributed by atoms with E-state index in [4.69, 9.17) is 4.84 Å². The summed E-state index contributed by atoms with van der Waals surface area (Å²) in [6.45, 7) is 3.26. The van der Waals surface area contributed by atoms with Crippen molar-refractivity contribution in [1.82, 2.24) is 9.96 Å². The molecule has 1 aromatic carbocycles. The summed E-state index contributed by atoms with van der Waals surface area (Å²) in [6.07, 6.45) is 1.46. The summed E-state index contributed by atoms with van der Waals surface area (Å²) in [4.78, 5) is 19.0. The van der Waals surface area contributed by atoms with E-state index >= 15 is 0 Å². The number of hydroxylamine groups is 2. The van der Waals surface area contributed by atoms with Gasteiger partial charge in [-0.05, 0) is 25.3 Å². The average Bonchev–Trinajstić information content (AvgIpc) is 2.70. The van der Waals surface area contributed by atoms with Crippen molar-refractivity contribution in [2.45, 2.75) is 44.6 Å². The van der Waals surface area contributed by atoms with Gasteiger partial charge in [-0.2, -0.15) is 5.06 Å². The minimum atomic E-state index is -0.972. The Bertz CT molecular complexity index is 485. The number of carbonyl (C=O) groups is 1. The smallest absolute Gasteiger partial charge is 0.548 e. The number of hydrogen-bond acceptors (Lipinski definition) is 5. The molecule has 2 aliphatic rings. The maximum Gasteiger partial charge on any atom is 1.00 e. The standard InChI is InChI=1S/C15H20N2O3.Na/c1-11-16-9-13(7-8-14(16)15(18)19)17(11)20-10-12-5-3-2-4-6-12;/h2-6,11,13-14H,7-10H2,1H3,(H,18,19);/q;+1/p-1/t11?,13?,14-;/m0./s1. The van der Waals surface area contributed by atoms with E-state index in [1.54, 1.807) is 0 Å². The minimum Gasteiger partial charge on any atom is -0.548 e. The Morgan fingerprint density at radius 3 is 2.71 bits per heavy atom. The molecule has 2 bridgehead atoms. The van der Waals surface area contributed by atoms with Crippen LogP contribution in [0.25, 0.3) is 0 Å². The molecule has 5 nitrogen and oxygen atoms in total. The molecule has 6 heteroatoms. The summed E-state index contributed by atoms with van der Waals surface area (Å²) in [6, 6.07) is 9.80. The Kier molecular flexibility index (Phi) is 5.82. The average molecular weight is 298 g/mol. The molecule has 2 saturated heterocycles. The third-order valence-electron chi connectivity index (χ3n) is 4.30. The van der Waals surface area contributed by atoms with Crippen LogP contribution in [0.4, 0.5) is 0 Å². The normalized spacial score (nSPS) is 31.7. The summed E-state index contributed by atoms with van der Waals surface area (Å²) >= 11 is 0. The Hall–Kier alpha value is -0.430. The van der Waals surface area contributed by atoms with Crippen LogP contribution < -0.4 is 34.7 Å². The van der Waals surface area contributed by atoms with Crippen molar-refractivity contribution in [3.05, 3.63) is 35.9 Å². The van der Waals surface area contributed by atoms with Gasteiger partial charge < -0.3 is 9.90 Å². The molecule has 2 heterocycles. The Morgan fingerprint density at radius 1 is 1.33 bits per heavy atom. The van der Waals surface area contributed by atoms with Gasteiger partial charge in [-0.25, -0.2) is 0 Å². The maximum absolute atomic E-state index is 11.2. The molecule has 2 fully saturated rings. The molecule has 0 amide bonds. The number of carboxylic acid groups (broad SMARTS) is 1. The third-order valence-corrected chi connectivity index (χ3v) is 4.30. The number of fused-ring (bicyclic) bond motifs is 2. The molecule has 0 aliphatic carbocycles. The van der Waals surface area contributed by atoms with Crippen LogP contribution in [0, 0.1) is 0 Å². The molecule has 1 aromatic rings. The van der Waals surface area contributed by atoms with Crippen LogP contribution in [-0.2, 0) is 16.2 Å². The Labute approximate surface area is 147 Å². The van der Waals surface area contributed by atoms with Gasteiger partial charge in [0, 0.05) is 12.6 Å². The van der Waals surface area contributed by atoms with E-state index in [-0.39, 0.29) is 41.8 Å². The van der Waals surface area contributed by atoms with Gasteiger partial charge in [-0.15, -0.1) is 0 Å². The number of carbonyl (C=O) groups excluding carboxylic acids is 1. The van der Waals surface area contributed by atoms with Gasteiger partial charge in [0.25, 0.3) is 0 Å². The van der Waals surface area contributed by atoms with Gasteiger partial charge >= 0.3 is 29.6 Å². The zero-order chi connectivity index (χ0) is 14.1. The van der Waals surface area contributed by atoms with Crippen molar-refractivity contribution in [3.8, 4) is 0 Å². The van der Waals surface area contributed by atoms with Crippen molar-refractivity contribution in [2.24, 2.45) is 0 Å². The van der Waals surface area contributed by atoms with E-state index in [1.807, 2.05) is 47.2 Å². The number of rotatable bonds is 4. The number of carboxylic acids is 1. The molecule has 0 aromatic heterocycles. The molecule has 3 rings (SSSR count). The summed E-state index contributed by atoms with van der Waals surface area (Å²) < 4.78 is 0. The fourth-order valence-corrected chi connectivity index (χ4v) is 3.24. The Morgan fingerprint density at radius 2 is 2.05 bits per heavy atom. The van der Waals surface area contributed by atoms with Crippen LogP contribution in [0.5, 0.6) is 0 Å². The first-order valence-corrected chi connectivity index (χ1v) is 7.08. The third kappa shape index (κ3) is 3.50. The fraction of sp³-hybridized carbons (Fsp3) is 0.533. The number of aliphatic carboxylic acids is 1. The first-order valence-electron chi connectivity index (χ1n) is 7.08. The van der Waals surface area contributed by atoms with E-state index in [1.165, 1.54) is 0 Å². The molecule has 21 heavy (non-hydrogen) atoms. The first-order chi connectivity index (χ1) is 9.66. The van der Waals surface area contributed by atoms with E-state index < -0.39 is 12.0 Å². The van der Waals surface area contributed by atoms with Crippen LogP contribution in [0.15, 0.2) is 30.3 Å². The van der Waals surface area contributed by atoms with Gasteiger partial charge in [0.1, 0.15) is 0 Å². The maximum atomic E-state index is 11.2. The summed E-state index contributed by atoms with van der Waals surface area (Å²) in [7, 11) is 0. The van der Waals surface area contributed by atoms with Gasteiger partial charge in [-0.3, -0.25) is 9.74 Å². The van der Waals surface area contributed by atoms with Gasteiger partial charge in [-0.1, -0.05) is 30.3 Å². The number of nitrogens with zero attached hydrogens (tertiary/aromatic N) is 2. The minimum absolute atomic E-state index is 0. The number of benzene rings is 1. The number of piperidine rings is 1. The molecule has 2 aliphatic heterocycles. The summed E-state index contributed by atoms with van der Waals surface area (Å²) in [5.74, 6) is -0.972. The topological polar surface area (TPSA) is 55.8 Å². The second-order valence-electron chi connectivity index (χ2n) is 5.51. The molecular formula is C15H19N2NaO3. The van der Waals surface area contributed by atoms with Crippen molar-refractivity contribution in [3.63, 3.8) is 0 Å². The van der Waals surface area contributed by atoms with Crippen molar-refractivity contribution >= 4 is 5.97 Å². The molecule has 108 valence electrons. The van der Waals surface area contributed by atoms with Crippen LogP contribution in [0.2, 0.25) is 0 Å². The van der Waals surface area contributed by atoms with Crippen LogP contribution in [-0.4, -0.2) is 40.7 Å². The van der Waals surface area contributed by atoms with Crippen LogP contribution in [0.1, 0.15) is 25.3 Å². The predicted molar refractivity (Wildman–Crippen MR) is 71.1 cm³/mol. The predicted octanol–water partition coefficient (Wildman–Crippen LogP) is -2.63. The molecule has 4 atom stereocenters. The molecule has 0 N–H and O–H groups in total. The molecule has 0 radical (unpaired) electrons. The quantitative estimate of drug-likeness (QED) is 0.569. The van der Waals surface area contributed by atoms with Crippen molar-refractivity contribution in [2.75, 3.05) is 6.54 Å².